The smallest absolute Gasteiger partial charge is 0.143 e. The number of carbonyl (C=O) groups is 1. The number of Topliss-reactive ketones (excluding diaryl/α,β-unsaturated/α-hetero) is 1. The molecule has 0 aromatic carbocycles. The van der Waals surface area contributed by atoms with E-state index in [1.165, 1.54) is 5.75 Å². The van der Waals surface area contributed by atoms with Gasteiger partial charge in [-0.1, -0.05) is 0 Å². The SMILES string of the molecule is CC(=O)C1CSCCS1. The van der Waals surface area contributed by atoms with Crippen molar-refractivity contribution in [1.29, 1.82) is 0 Å². The molecule has 1 nitrogen and oxygen atoms in total. The first-order valence-corrected chi connectivity index (χ1v) is 5.21. The van der Waals surface area contributed by atoms with Gasteiger partial charge in [-0.25, -0.2) is 0 Å². The Morgan fingerprint density at radius 1 is 1.56 bits per heavy atom. The summed E-state index contributed by atoms with van der Waals surface area (Å²) >= 11 is 3.69. The molecule has 3 heteroatoms. The Labute approximate surface area is 64.0 Å². The van der Waals surface area contributed by atoms with Crippen LogP contribution >= 0.6 is 23.5 Å². The molecule has 0 amide bonds. The molecule has 1 saturated heterocycles. The molecule has 0 aromatic rings. The molecule has 1 aliphatic heterocycles. The number of hydrogen-bond acceptors (Lipinski definition) is 3. The van der Waals surface area contributed by atoms with E-state index in [4.69, 9.17) is 0 Å². The fourth-order valence-corrected chi connectivity index (χ4v) is 3.39. The molecule has 0 bridgehead atoms. The zero-order valence-electron chi connectivity index (χ0n) is 5.42. The lowest BCUT2D eigenvalue weighted by Crippen LogP contribution is -2.21. The van der Waals surface area contributed by atoms with Crippen LogP contribution in [0.4, 0.5) is 0 Å². The second kappa shape index (κ2) is 3.52. The standard InChI is InChI=1S/C6H10OS2/c1-5(7)6-4-8-2-3-9-6/h6H,2-4H2,1H3. The maximum Gasteiger partial charge on any atom is 0.143 e. The molecule has 0 aliphatic carbocycles. The van der Waals surface area contributed by atoms with Crippen LogP contribution in [0.1, 0.15) is 6.92 Å². The van der Waals surface area contributed by atoms with Crippen LogP contribution in [-0.2, 0) is 4.79 Å². The highest BCUT2D eigenvalue weighted by atomic mass is 32.2. The van der Waals surface area contributed by atoms with E-state index in [-0.39, 0.29) is 0 Å². The fraction of sp³-hybridized carbons (Fsp3) is 0.833. The second-order valence-electron chi connectivity index (χ2n) is 2.04. The van der Waals surface area contributed by atoms with Crippen LogP contribution in [0, 0.1) is 0 Å². The molecule has 0 aromatic heterocycles. The van der Waals surface area contributed by atoms with E-state index in [1.807, 2.05) is 11.8 Å². The lowest BCUT2D eigenvalue weighted by molar-refractivity contribution is -0.116. The van der Waals surface area contributed by atoms with Gasteiger partial charge in [-0.05, 0) is 6.92 Å². The average Bonchev–Trinajstić information content (AvgIpc) is 1.90. The van der Waals surface area contributed by atoms with Crippen molar-refractivity contribution in [3.05, 3.63) is 0 Å². The van der Waals surface area contributed by atoms with Crippen molar-refractivity contribution < 1.29 is 4.79 Å². The van der Waals surface area contributed by atoms with E-state index >= 15 is 0 Å². The van der Waals surface area contributed by atoms with Gasteiger partial charge in [0.15, 0.2) is 0 Å². The van der Waals surface area contributed by atoms with Crippen LogP contribution in [0.15, 0.2) is 0 Å². The van der Waals surface area contributed by atoms with Crippen LogP contribution in [-0.4, -0.2) is 28.3 Å². The highest BCUT2D eigenvalue weighted by Crippen LogP contribution is 2.24. The van der Waals surface area contributed by atoms with Gasteiger partial charge in [0.25, 0.3) is 0 Å². The van der Waals surface area contributed by atoms with Crippen LogP contribution in [0.2, 0.25) is 0 Å². The van der Waals surface area contributed by atoms with Crippen molar-refractivity contribution in [2.24, 2.45) is 0 Å². The number of ketones is 1. The zero-order chi connectivity index (χ0) is 6.69. The number of carbonyl (C=O) groups excluding carboxylic acids is 1. The van der Waals surface area contributed by atoms with Crippen molar-refractivity contribution >= 4 is 29.3 Å². The van der Waals surface area contributed by atoms with Gasteiger partial charge in [0.1, 0.15) is 5.78 Å². The summed E-state index contributed by atoms with van der Waals surface area (Å²) in [6, 6.07) is 0. The summed E-state index contributed by atoms with van der Waals surface area (Å²) in [4.78, 5) is 10.8. The first-order valence-electron chi connectivity index (χ1n) is 3.00. The summed E-state index contributed by atoms with van der Waals surface area (Å²) in [5.74, 6) is 3.73. The van der Waals surface area contributed by atoms with Crippen molar-refractivity contribution in [2.75, 3.05) is 17.3 Å². The van der Waals surface area contributed by atoms with Crippen LogP contribution in [0.5, 0.6) is 0 Å². The second-order valence-corrected chi connectivity index (χ2v) is 4.51. The van der Waals surface area contributed by atoms with Gasteiger partial charge >= 0.3 is 0 Å². The Bertz CT molecular complexity index is 108. The third-order valence-corrected chi connectivity index (χ3v) is 4.14. The van der Waals surface area contributed by atoms with E-state index in [1.54, 1.807) is 18.7 Å². The Morgan fingerprint density at radius 3 is 2.67 bits per heavy atom. The largest absolute Gasteiger partial charge is 0.299 e. The normalized spacial score (nSPS) is 27.9. The topological polar surface area (TPSA) is 17.1 Å². The molecular formula is C6H10OS2. The summed E-state index contributed by atoms with van der Waals surface area (Å²) in [7, 11) is 0. The molecule has 52 valence electrons. The van der Waals surface area contributed by atoms with Crippen LogP contribution < -0.4 is 0 Å². The van der Waals surface area contributed by atoms with Gasteiger partial charge in [-0.2, -0.15) is 11.8 Å². The Morgan fingerprint density at radius 2 is 2.33 bits per heavy atom. The number of hydrogen-bond donors (Lipinski definition) is 0. The highest BCUT2D eigenvalue weighted by Gasteiger charge is 2.17. The minimum atomic E-state index is 0.295. The Hall–Kier alpha value is 0.370. The molecule has 1 atom stereocenters. The first-order chi connectivity index (χ1) is 4.30. The van der Waals surface area contributed by atoms with Gasteiger partial charge in [0.05, 0.1) is 5.25 Å². The Kier molecular flexibility index (Phi) is 2.92. The van der Waals surface area contributed by atoms with Gasteiger partial charge in [0.2, 0.25) is 0 Å². The molecular weight excluding hydrogens is 152 g/mol. The van der Waals surface area contributed by atoms with Gasteiger partial charge in [0, 0.05) is 17.3 Å². The summed E-state index contributed by atoms with van der Waals surface area (Å²) in [5.41, 5.74) is 0. The summed E-state index contributed by atoms with van der Waals surface area (Å²) in [6.45, 7) is 1.68. The van der Waals surface area contributed by atoms with E-state index in [0.29, 0.717) is 11.0 Å². The molecule has 1 aliphatic rings. The minimum Gasteiger partial charge on any atom is -0.299 e. The predicted molar refractivity (Wildman–Crippen MR) is 44.3 cm³/mol. The molecule has 0 saturated carbocycles. The molecule has 1 unspecified atom stereocenters. The minimum absolute atomic E-state index is 0.295. The lowest BCUT2D eigenvalue weighted by atomic mass is 10.3. The molecule has 0 radical (unpaired) electrons. The summed E-state index contributed by atoms with van der Waals surface area (Å²) in [5, 5.41) is 0.295. The predicted octanol–water partition coefficient (Wildman–Crippen LogP) is 1.42. The third-order valence-electron chi connectivity index (χ3n) is 1.27. The van der Waals surface area contributed by atoms with Crippen molar-refractivity contribution in [2.45, 2.75) is 12.2 Å². The first kappa shape index (κ1) is 7.48. The third kappa shape index (κ3) is 2.22. The monoisotopic (exact) mass is 162 g/mol. The van der Waals surface area contributed by atoms with Crippen LogP contribution in [0.3, 0.4) is 0 Å². The molecule has 1 heterocycles. The number of rotatable bonds is 1. The summed E-state index contributed by atoms with van der Waals surface area (Å²) in [6.07, 6.45) is 0. The van der Waals surface area contributed by atoms with E-state index < -0.39 is 0 Å². The van der Waals surface area contributed by atoms with Crippen molar-refractivity contribution in [3.63, 3.8) is 0 Å². The van der Waals surface area contributed by atoms with Crippen molar-refractivity contribution in [3.8, 4) is 0 Å². The highest BCUT2D eigenvalue weighted by molar-refractivity contribution is 8.07. The Balaban J connectivity index is 2.31. The zero-order valence-corrected chi connectivity index (χ0v) is 7.06. The maximum absolute atomic E-state index is 10.8. The van der Waals surface area contributed by atoms with E-state index in [2.05, 4.69) is 0 Å². The molecule has 1 fully saturated rings. The fourth-order valence-electron chi connectivity index (χ4n) is 0.722. The lowest BCUT2D eigenvalue weighted by Gasteiger charge is -2.17. The van der Waals surface area contributed by atoms with E-state index in [9.17, 15) is 4.79 Å². The van der Waals surface area contributed by atoms with Crippen LogP contribution in [0.25, 0.3) is 0 Å². The quantitative estimate of drug-likeness (QED) is 0.580. The molecule has 0 spiro atoms. The van der Waals surface area contributed by atoms with E-state index in [0.717, 1.165) is 11.5 Å². The molecule has 9 heavy (non-hydrogen) atoms. The van der Waals surface area contributed by atoms with Crippen molar-refractivity contribution in [1.82, 2.24) is 0 Å². The molecule has 0 N–H and O–H groups in total. The molecule has 1 rings (SSSR count). The van der Waals surface area contributed by atoms with Gasteiger partial charge < -0.3 is 0 Å². The van der Waals surface area contributed by atoms with Gasteiger partial charge in [-0.3, -0.25) is 4.79 Å². The van der Waals surface area contributed by atoms with Gasteiger partial charge in [-0.15, -0.1) is 11.8 Å². The summed E-state index contributed by atoms with van der Waals surface area (Å²) < 4.78 is 0. The number of thioether (sulfide) groups is 2. The maximum atomic E-state index is 10.8. The average molecular weight is 162 g/mol.